The molecule has 0 aliphatic carbocycles. The van der Waals surface area contributed by atoms with Crippen LogP contribution in [0.15, 0.2) is 42.5 Å². The van der Waals surface area contributed by atoms with Crippen molar-refractivity contribution in [3.63, 3.8) is 0 Å². The van der Waals surface area contributed by atoms with Gasteiger partial charge in [0.1, 0.15) is 0 Å². The molecule has 1 nitrogen and oxygen atoms in total. The number of hydrogen-bond donors (Lipinski definition) is 1. The summed E-state index contributed by atoms with van der Waals surface area (Å²) in [6, 6.07) is 10.1. The average Bonchev–Trinajstić information content (AvgIpc) is 2.41. The molecule has 106 valence electrons. The summed E-state index contributed by atoms with van der Waals surface area (Å²) in [5.74, 6) is 0. The molecule has 0 saturated heterocycles. The minimum atomic E-state index is -4.36. The van der Waals surface area contributed by atoms with Crippen LogP contribution in [0.25, 0.3) is 11.1 Å². The van der Waals surface area contributed by atoms with E-state index in [0.717, 1.165) is 12.1 Å². The van der Waals surface area contributed by atoms with Crippen molar-refractivity contribution in [3.8, 4) is 11.1 Å². The van der Waals surface area contributed by atoms with Crippen LogP contribution in [-0.4, -0.2) is 11.7 Å². The molecule has 0 amide bonds. The van der Waals surface area contributed by atoms with Crippen molar-refractivity contribution in [3.05, 3.63) is 58.6 Å². The van der Waals surface area contributed by atoms with Gasteiger partial charge in [-0.3, -0.25) is 0 Å². The third kappa shape index (κ3) is 3.32. The Kier molecular flexibility index (Phi) is 4.35. The monoisotopic (exact) mass is 300 g/mol. The van der Waals surface area contributed by atoms with E-state index in [1.54, 1.807) is 24.3 Å². The smallest absolute Gasteiger partial charge is 0.396 e. The highest BCUT2D eigenvalue weighted by Gasteiger charge is 2.30. The molecule has 2 aromatic carbocycles. The summed E-state index contributed by atoms with van der Waals surface area (Å²) in [7, 11) is 0. The summed E-state index contributed by atoms with van der Waals surface area (Å²) < 4.78 is 38.1. The second kappa shape index (κ2) is 5.85. The lowest BCUT2D eigenvalue weighted by Crippen LogP contribution is -2.04. The van der Waals surface area contributed by atoms with Gasteiger partial charge in [-0.25, -0.2) is 0 Å². The molecule has 20 heavy (non-hydrogen) atoms. The highest BCUT2D eigenvalue weighted by molar-refractivity contribution is 6.31. The number of alkyl halides is 3. The molecular formula is C15H12ClF3O. The van der Waals surface area contributed by atoms with E-state index in [1.165, 1.54) is 6.07 Å². The normalized spacial score (nSPS) is 11.7. The molecule has 0 aliphatic heterocycles. The molecule has 0 bridgehead atoms. The van der Waals surface area contributed by atoms with Gasteiger partial charge in [0.05, 0.1) is 5.56 Å². The lowest BCUT2D eigenvalue weighted by Gasteiger charge is -2.10. The van der Waals surface area contributed by atoms with E-state index in [2.05, 4.69) is 0 Å². The lowest BCUT2D eigenvalue weighted by atomic mass is 10.00. The molecule has 2 aromatic rings. The van der Waals surface area contributed by atoms with Crippen LogP contribution in [0.2, 0.25) is 5.02 Å². The van der Waals surface area contributed by atoms with Crippen LogP contribution in [-0.2, 0) is 12.6 Å². The second-order valence-electron chi connectivity index (χ2n) is 4.36. The largest absolute Gasteiger partial charge is 0.416 e. The molecule has 0 aliphatic rings. The maximum Gasteiger partial charge on any atom is 0.416 e. The van der Waals surface area contributed by atoms with Crippen LogP contribution < -0.4 is 0 Å². The minimum Gasteiger partial charge on any atom is -0.396 e. The van der Waals surface area contributed by atoms with Gasteiger partial charge in [-0.15, -0.1) is 0 Å². The van der Waals surface area contributed by atoms with Crippen molar-refractivity contribution in [2.45, 2.75) is 12.6 Å². The quantitative estimate of drug-likeness (QED) is 0.881. The van der Waals surface area contributed by atoms with Crippen LogP contribution in [0.3, 0.4) is 0 Å². The predicted octanol–water partition coefficient (Wildman–Crippen LogP) is 4.56. The molecule has 0 radical (unpaired) electrons. The molecule has 0 atom stereocenters. The summed E-state index contributed by atoms with van der Waals surface area (Å²) in [6.45, 7) is -0.0637. The molecule has 1 N–H and O–H groups in total. The van der Waals surface area contributed by atoms with Crippen LogP contribution in [0.5, 0.6) is 0 Å². The summed E-state index contributed by atoms with van der Waals surface area (Å²) in [4.78, 5) is 0. The summed E-state index contributed by atoms with van der Waals surface area (Å²) in [5.41, 5.74) is 1.14. The zero-order chi connectivity index (χ0) is 14.8. The van der Waals surface area contributed by atoms with Crippen LogP contribution in [0.1, 0.15) is 11.1 Å². The number of aliphatic hydroxyl groups excluding tert-OH is 1. The number of rotatable bonds is 3. The van der Waals surface area contributed by atoms with Gasteiger partial charge in [-0.2, -0.15) is 13.2 Å². The first kappa shape index (κ1) is 14.9. The zero-order valence-corrected chi connectivity index (χ0v) is 11.2. The maximum absolute atomic E-state index is 12.7. The van der Waals surface area contributed by atoms with Gasteiger partial charge in [0.2, 0.25) is 0 Å². The Bertz CT molecular complexity index is 608. The average molecular weight is 301 g/mol. The Morgan fingerprint density at radius 2 is 1.70 bits per heavy atom. The molecule has 0 heterocycles. The van der Waals surface area contributed by atoms with E-state index in [0.29, 0.717) is 28.1 Å². The van der Waals surface area contributed by atoms with E-state index < -0.39 is 11.7 Å². The van der Waals surface area contributed by atoms with E-state index in [4.69, 9.17) is 16.7 Å². The Morgan fingerprint density at radius 3 is 2.35 bits per heavy atom. The molecule has 0 spiro atoms. The van der Waals surface area contributed by atoms with Gasteiger partial charge in [0.15, 0.2) is 0 Å². The van der Waals surface area contributed by atoms with Crippen molar-refractivity contribution in [2.24, 2.45) is 0 Å². The third-order valence-corrected chi connectivity index (χ3v) is 3.32. The van der Waals surface area contributed by atoms with Crippen LogP contribution in [0, 0.1) is 0 Å². The van der Waals surface area contributed by atoms with Crippen molar-refractivity contribution in [1.82, 2.24) is 0 Å². The summed E-state index contributed by atoms with van der Waals surface area (Å²) in [6.07, 6.45) is -4.00. The number of aliphatic hydroxyl groups is 1. The Hall–Kier alpha value is -1.52. The molecule has 5 heteroatoms. The maximum atomic E-state index is 12.7. The lowest BCUT2D eigenvalue weighted by molar-refractivity contribution is -0.137. The number of hydrogen-bond acceptors (Lipinski definition) is 1. The van der Waals surface area contributed by atoms with E-state index >= 15 is 0 Å². The first-order valence-corrected chi connectivity index (χ1v) is 6.36. The highest BCUT2D eigenvalue weighted by Crippen LogP contribution is 2.33. The minimum absolute atomic E-state index is 0.0637. The molecule has 0 fully saturated rings. The molecule has 0 saturated carbocycles. The van der Waals surface area contributed by atoms with Gasteiger partial charge in [0.25, 0.3) is 0 Å². The summed E-state index contributed by atoms with van der Waals surface area (Å²) in [5, 5.41) is 9.44. The molecule has 0 aromatic heterocycles. The second-order valence-corrected chi connectivity index (χ2v) is 4.77. The SMILES string of the molecule is OCCc1cc(-c2cccc(C(F)(F)F)c2)ccc1Cl. The molecule has 0 unspecified atom stereocenters. The number of halogens is 4. The van der Waals surface area contributed by atoms with Gasteiger partial charge < -0.3 is 5.11 Å². The fraction of sp³-hybridized carbons (Fsp3) is 0.200. The third-order valence-electron chi connectivity index (χ3n) is 2.95. The molecular weight excluding hydrogens is 289 g/mol. The first-order valence-electron chi connectivity index (χ1n) is 5.99. The Balaban J connectivity index is 2.44. The van der Waals surface area contributed by atoms with E-state index in [1.807, 2.05) is 0 Å². The summed E-state index contributed by atoms with van der Waals surface area (Å²) >= 11 is 5.98. The van der Waals surface area contributed by atoms with Gasteiger partial charge >= 0.3 is 6.18 Å². The number of benzene rings is 2. The van der Waals surface area contributed by atoms with Crippen LogP contribution >= 0.6 is 11.6 Å². The zero-order valence-electron chi connectivity index (χ0n) is 10.4. The van der Waals surface area contributed by atoms with Crippen molar-refractivity contribution < 1.29 is 18.3 Å². The van der Waals surface area contributed by atoms with Crippen molar-refractivity contribution >= 4 is 11.6 Å². The Labute approximate surface area is 119 Å². The van der Waals surface area contributed by atoms with Crippen molar-refractivity contribution in [1.29, 1.82) is 0 Å². The van der Waals surface area contributed by atoms with E-state index in [-0.39, 0.29) is 6.61 Å². The van der Waals surface area contributed by atoms with Crippen molar-refractivity contribution in [2.75, 3.05) is 6.61 Å². The van der Waals surface area contributed by atoms with Crippen LogP contribution in [0.4, 0.5) is 13.2 Å². The fourth-order valence-corrected chi connectivity index (χ4v) is 2.15. The Morgan fingerprint density at radius 1 is 1.00 bits per heavy atom. The standard InChI is InChI=1S/C15H12ClF3O/c16-14-5-4-11(8-12(14)6-7-20)10-2-1-3-13(9-10)15(17,18)19/h1-5,8-9,20H,6-7H2. The van der Waals surface area contributed by atoms with Gasteiger partial charge in [-0.05, 0) is 47.4 Å². The highest BCUT2D eigenvalue weighted by atomic mass is 35.5. The van der Waals surface area contributed by atoms with Gasteiger partial charge in [0, 0.05) is 11.6 Å². The topological polar surface area (TPSA) is 20.2 Å². The predicted molar refractivity (Wildman–Crippen MR) is 72.7 cm³/mol. The molecule has 2 rings (SSSR count). The first-order chi connectivity index (χ1) is 9.41. The van der Waals surface area contributed by atoms with Gasteiger partial charge in [-0.1, -0.05) is 29.8 Å². The van der Waals surface area contributed by atoms with E-state index in [9.17, 15) is 13.2 Å². The fourth-order valence-electron chi connectivity index (χ4n) is 1.94.